The summed E-state index contributed by atoms with van der Waals surface area (Å²) >= 11 is 0. The molecule has 2 N–H and O–H groups in total. The molecule has 0 bridgehead atoms. The first-order valence-corrected chi connectivity index (χ1v) is 9.81. The van der Waals surface area contributed by atoms with E-state index in [2.05, 4.69) is 15.1 Å². The van der Waals surface area contributed by atoms with Gasteiger partial charge < -0.3 is 10.1 Å². The molecular weight excluding hydrogens is 356 g/mol. The highest BCUT2D eigenvalue weighted by Crippen LogP contribution is 2.14. The summed E-state index contributed by atoms with van der Waals surface area (Å²) in [5.74, 6) is -0.342. The summed E-state index contributed by atoms with van der Waals surface area (Å²) in [6, 6.07) is 7.64. The number of hydrogen-bond acceptors (Lipinski definition) is 5. The van der Waals surface area contributed by atoms with Crippen molar-refractivity contribution in [3.8, 4) is 0 Å². The number of benzene rings is 1. The molecule has 9 heteroatoms. The Labute approximate surface area is 152 Å². The van der Waals surface area contributed by atoms with E-state index in [-0.39, 0.29) is 22.4 Å². The third-order valence-electron chi connectivity index (χ3n) is 4.19. The zero-order chi connectivity index (χ0) is 18.7. The number of sulfonamides is 1. The second kappa shape index (κ2) is 7.56. The van der Waals surface area contributed by atoms with Gasteiger partial charge in [0.1, 0.15) is 0 Å². The van der Waals surface area contributed by atoms with Gasteiger partial charge in [-0.15, -0.1) is 0 Å². The number of carbonyl (C=O) groups is 1. The highest BCUT2D eigenvalue weighted by Gasteiger charge is 2.24. The second-order valence-electron chi connectivity index (χ2n) is 6.29. The van der Waals surface area contributed by atoms with Crippen molar-refractivity contribution in [2.75, 3.05) is 13.2 Å². The largest absolute Gasteiger partial charge is 0.380 e. The van der Waals surface area contributed by atoms with Gasteiger partial charge in [0.25, 0.3) is 5.91 Å². The molecular formula is C17H22N4O4S. The van der Waals surface area contributed by atoms with Crippen molar-refractivity contribution < 1.29 is 17.9 Å². The van der Waals surface area contributed by atoms with Crippen LogP contribution in [0.3, 0.4) is 0 Å². The Hall–Kier alpha value is -2.23. The number of aryl methyl sites for hydroxylation is 2. The average molecular weight is 378 g/mol. The topological polar surface area (TPSA) is 102 Å². The van der Waals surface area contributed by atoms with Gasteiger partial charge in [0.15, 0.2) is 0 Å². The van der Waals surface area contributed by atoms with Gasteiger partial charge in [0.05, 0.1) is 29.4 Å². The van der Waals surface area contributed by atoms with Crippen LogP contribution in [0.1, 0.15) is 28.2 Å². The Bertz CT molecular complexity index is 901. The van der Waals surface area contributed by atoms with Crippen LogP contribution >= 0.6 is 0 Å². The van der Waals surface area contributed by atoms with E-state index in [1.54, 1.807) is 23.9 Å². The Balaban J connectivity index is 1.69. The minimum Gasteiger partial charge on any atom is -0.380 e. The molecule has 2 heterocycles. The number of carbonyl (C=O) groups excluding carboxylic acids is 1. The zero-order valence-corrected chi connectivity index (χ0v) is 15.5. The molecule has 3 rings (SSSR count). The summed E-state index contributed by atoms with van der Waals surface area (Å²) in [5.41, 5.74) is 2.02. The van der Waals surface area contributed by atoms with Crippen molar-refractivity contribution >= 4 is 15.9 Å². The lowest BCUT2D eigenvalue weighted by Crippen LogP contribution is -2.35. The molecule has 1 fully saturated rings. The standard InChI is InChI=1S/C17H22N4O4S/c1-12-8-15(21(2)19-12)10-18-17(22)13-4-3-5-16(9-13)26(23,24)20-14-6-7-25-11-14/h3-5,8-9,14,20H,6-7,10-11H2,1-2H3,(H,18,22). The van der Waals surface area contributed by atoms with Gasteiger partial charge in [0.2, 0.25) is 10.0 Å². The summed E-state index contributed by atoms with van der Waals surface area (Å²) in [7, 11) is -1.89. The van der Waals surface area contributed by atoms with Crippen LogP contribution in [0.15, 0.2) is 35.2 Å². The fourth-order valence-corrected chi connectivity index (χ4v) is 4.12. The van der Waals surface area contributed by atoms with Crippen LogP contribution in [-0.2, 0) is 28.4 Å². The molecule has 2 aromatic rings. The van der Waals surface area contributed by atoms with E-state index in [0.29, 0.717) is 26.2 Å². The first-order chi connectivity index (χ1) is 12.3. The van der Waals surface area contributed by atoms with Gasteiger partial charge in [-0.1, -0.05) is 6.07 Å². The number of aromatic nitrogens is 2. The molecule has 1 aliphatic heterocycles. The number of amides is 1. The second-order valence-corrected chi connectivity index (χ2v) is 8.01. The first-order valence-electron chi connectivity index (χ1n) is 8.33. The highest BCUT2D eigenvalue weighted by molar-refractivity contribution is 7.89. The van der Waals surface area contributed by atoms with Crippen molar-refractivity contribution in [1.82, 2.24) is 19.8 Å². The first kappa shape index (κ1) is 18.6. The van der Waals surface area contributed by atoms with Crippen molar-refractivity contribution in [3.05, 3.63) is 47.3 Å². The summed E-state index contributed by atoms with van der Waals surface area (Å²) in [5, 5.41) is 7.01. The number of rotatable bonds is 6. The van der Waals surface area contributed by atoms with Gasteiger partial charge in [-0.05, 0) is 37.6 Å². The molecule has 0 saturated carbocycles. The lowest BCUT2D eigenvalue weighted by atomic mass is 10.2. The molecule has 26 heavy (non-hydrogen) atoms. The minimum absolute atomic E-state index is 0.0634. The molecule has 140 valence electrons. The van der Waals surface area contributed by atoms with Gasteiger partial charge in [-0.2, -0.15) is 5.10 Å². The molecule has 8 nitrogen and oxygen atoms in total. The highest BCUT2D eigenvalue weighted by atomic mass is 32.2. The molecule has 1 aliphatic rings. The van der Waals surface area contributed by atoms with Crippen LogP contribution in [0, 0.1) is 6.92 Å². The maximum absolute atomic E-state index is 12.5. The summed E-state index contributed by atoms with van der Waals surface area (Å²) in [4.78, 5) is 12.4. The third kappa shape index (κ3) is 4.29. The lowest BCUT2D eigenvalue weighted by molar-refractivity contribution is 0.0950. The van der Waals surface area contributed by atoms with E-state index < -0.39 is 10.0 Å². The summed E-state index contributed by atoms with van der Waals surface area (Å²) in [6.07, 6.45) is 0.642. The van der Waals surface area contributed by atoms with Crippen LogP contribution in [-0.4, -0.2) is 43.4 Å². The molecule has 0 spiro atoms. The molecule has 1 unspecified atom stereocenters. The van der Waals surface area contributed by atoms with Crippen LogP contribution in [0.25, 0.3) is 0 Å². The van der Waals surface area contributed by atoms with E-state index >= 15 is 0 Å². The molecule has 1 atom stereocenters. The van der Waals surface area contributed by atoms with Crippen molar-refractivity contribution in [2.24, 2.45) is 7.05 Å². The molecule has 0 radical (unpaired) electrons. The number of ether oxygens (including phenoxy) is 1. The van der Waals surface area contributed by atoms with Crippen LogP contribution < -0.4 is 10.0 Å². The van der Waals surface area contributed by atoms with Crippen molar-refractivity contribution in [3.63, 3.8) is 0 Å². The Morgan fingerprint density at radius 1 is 1.38 bits per heavy atom. The third-order valence-corrected chi connectivity index (χ3v) is 5.71. The maximum atomic E-state index is 12.5. The number of nitrogens with one attached hydrogen (secondary N) is 2. The molecule has 1 amide bonds. The van der Waals surface area contributed by atoms with Crippen LogP contribution in [0.2, 0.25) is 0 Å². The van der Waals surface area contributed by atoms with E-state index in [1.807, 2.05) is 13.0 Å². The summed E-state index contributed by atoms with van der Waals surface area (Å²) in [6.45, 7) is 3.10. The Morgan fingerprint density at radius 2 is 2.19 bits per heavy atom. The summed E-state index contributed by atoms with van der Waals surface area (Å²) < 4.78 is 34.5. The SMILES string of the molecule is Cc1cc(CNC(=O)c2cccc(S(=O)(=O)NC3CCOC3)c2)n(C)n1. The molecule has 1 aromatic carbocycles. The van der Waals surface area contributed by atoms with Crippen LogP contribution in [0.4, 0.5) is 0 Å². The van der Waals surface area contributed by atoms with Crippen molar-refractivity contribution in [2.45, 2.75) is 30.8 Å². The number of hydrogen-bond donors (Lipinski definition) is 2. The molecule has 1 saturated heterocycles. The molecule has 1 aromatic heterocycles. The van der Waals surface area contributed by atoms with E-state index in [0.717, 1.165) is 11.4 Å². The van der Waals surface area contributed by atoms with Gasteiger partial charge in [-0.25, -0.2) is 13.1 Å². The molecule has 0 aliphatic carbocycles. The number of nitrogens with zero attached hydrogens (tertiary/aromatic N) is 2. The van der Waals surface area contributed by atoms with E-state index in [4.69, 9.17) is 4.74 Å². The lowest BCUT2D eigenvalue weighted by Gasteiger charge is -2.12. The quantitative estimate of drug-likeness (QED) is 0.771. The Morgan fingerprint density at radius 3 is 2.85 bits per heavy atom. The predicted molar refractivity (Wildman–Crippen MR) is 95.1 cm³/mol. The fraction of sp³-hybridized carbons (Fsp3) is 0.412. The van der Waals surface area contributed by atoms with Crippen LogP contribution in [0.5, 0.6) is 0 Å². The van der Waals surface area contributed by atoms with E-state index in [1.165, 1.54) is 12.1 Å². The van der Waals surface area contributed by atoms with Gasteiger partial charge in [-0.3, -0.25) is 9.48 Å². The maximum Gasteiger partial charge on any atom is 0.251 e. The Kier molecular flexibility index (Phi) is 5.40. The zero-order valence-electron chi connectivity index (χ0n) is 14.7. The minimum atomic E-state index is -3.69. The predicted octanol–water partition coefficient (Wildman–Crippen LogP) is 0.726. The normalized spacial score (nSPS) is 17.4. The van der Waals surface area contributed by atoms with Crippen molar-refractivity contribution in [1.29, 1.82) is 0 Å². The monoisotopic (exact) mass is 378 g/mol. The average Bonchev–Trinajstić information content (AvgIpc) is 3.21. The van der Waals surface area contributed by atoms with Gasteiger partial charge >= 0.3 is 0 Å². The van der Waals surface area contributed by atoms with Gasteiger partial charge in [0, 0.05) is 25.3 Å². The smallest absolute Gasteiger partial charge is 0.251 e. The fourth-order valence-electron chi connectivity index (χ4n) is 2.82. The van der Waals surface area contributed by atoms with E-state index in [9.17, 15) is 13.2 Å².